The molecule has 0 aromatic carbocycles. The molecule has 6 nitrogen and oxygen atoms in total. The Labute approximate surface area is 69.6 Å². The Bertz CT molecular complexity index is 206. The quantitative estimate of drug-likeness (QED) is 0.312. The molecule has 1 fully saturated rings. The third-order valence-corrected chi connectivity index (χ3v) is 1.78. The first-order valence-corrected chi connectivity index (χ1v) is 3.60. The van der Waals surface area contributed by atoms with E-state index in [4.69, 9.17) is 5.84 Å². The summed E-state index contributed by atoms with van der Waals surface area (Å²) in [7, 11) is 0. The van der Waals surface area contributed by atoms with Crippen molar-refractivity contribution in [2.24, 2.45) is 5.84 Å². The molecule has 1 atom stereocenters. The van der Waals surface area contributed by atoms with Crippen LogP contribution in [0.5, 0.6) is 0 Å². The highest BCUT2D eigenvalue weighted by atomic mass is 16.6. The zero-order valence-corrected chi connectivity index (χ0v) is 6.74. The van der Waals surface area contributed by atoms with Gasteiger partial charge in [0.15, 0.2) is 0 Å². The van der Waals surface area contributed by atoms with E-state index in [1.807, 2.05) is 5.43 Å². The fourth-order valence-corrected chi connectivity index (χ4v) is 1.02. The smallest absolute Gasteiger partial charge is 0.410 e. The molecule has 2 amide bonds. The molecule has 0 radical (unpaired) electrons. The van der Waals surface area contributed by atoms with Crippen LogP contribution in [-0.2, 0) is 9.53 Å². The Morgan fingerprint density at radius 2 is 2.50 bits per heavy atom. The molecule has 0 aliphatic carbocycles. The van der Waals surface area contributed by atoms with Gasteiger partial charge in [0, 0.05) is 0 Å². The van der Waals surface area contributed by atoms with Crippen molar-refractivity contribution in [3.05, 3.63) is 0 Å². The largest absolute Gasteiger partial charge is 0.448 e. The van der Waals surface area contributed by atoms with E-state index in [9.17, 15) is 9.59 Å². The molecule has 0 aromatic rings. The number of hydrogen-bond acceptors (Lipinski definition) is 4. The molecule has 0 spiro atoms. The summed E-state index contributed by atoms with van der Waals surface area (Å²) in [5.41, 5.74) is 1.97. The number of cyclic esters (lactones) is 1. The van der Waals surface area contributed by atoms with Crippen LogP contribution < -0.4 is 11.3 Å². The Morgan fingerprint density at radius 3 is 2.92 bits per heavy atom. The zero-order chi connectivity index (χ0) is 9.14. The van der Waals surface area contributed by atoms with Gasteiger partial charge in [0.1, 0.15) is 12.6 Å². The van der Waals surface area contributed by atoms with Crippen LogP contribution in [-0.4, -0.2) is 36.1 Å². The number of ether oxygens (including phenoxy) is 1. The van der Waals surface area contributed by atoms with Crippen molar-refractivity contribution in [1.29, 1.82) is 0 Å². The minimum absolute atomic E-state index is 0.334. The van der Waals surface area contributed by atoms with Crippen LogP contribution in [0.2, 0.25) is 0 Å². The van der Waals surface area contributed by atoms with Gasteiger partial charge >= 0.3 is 6.09 Å². The Kier molecular flexibility index (Phi) is 2.49. The molecule has 1 aliphatic heterocycles. The summed E-state index contributed by atoms with van der Waals surface area (Å²) in [4.78, 5) is 23.2. The second-order valence-electron chi connectivity index (χ2n) is 2.49. The van der Waals surface area contributed by atoms with Gasteiger partial charge in [-0.05, 0) is 6.92 Å². The van der Waals surface area contributed by atoms with Crippen LogP contribution in [0, 0.1) is 0 Å². The van der Waals surface area contributed by atoms with Gasteiger partial charge in [-0.1, -0.05) is 0 Å². The van der Waals surface area contributed by atoms with Gasteiger partial charge in [-0.2, -0.15) is 0 Å². The van der Waals surface area contributed by atoms with Crippen molar-refractivity contribution in [1.82, 2.24) is 10.3 Å². The van der Waals surface area contributed by atoms with E-state index < -0.39 is 18.0 Å². The first-order chi connectivity index (χ1) is 5.66. The normalized spacial score (nSPS) is 18.8. The SMILES string of the molecule is CC(C(=O)NN)N1CCOC1=O. The number of hydrazine groups is 1. The molecule has 6 heteroatoms. The zero-order valence-electron chi connectivity index (χ0n) is 6.74. The van der Waals surface area contributed by atoms with Gasteiger partial charge < -0.3 is 4.74 Å². The summed E-state index contributed by atoms with van der Waals surface area (Å²) in [5.74, 6) is 4.51. The van der Waals surface area contributed by atoms with E-state index in [-0.39, 0.29) is 0 Å². The minimum atomic E-state index is -0.565. The van der Waals surface area contributed by atoms with Gasteiger partial charge in [0.05, 0.1) is 6.54 Å². The maximum atomic E-state index is 11.0. The first-order valence-electron chi connectivity index (χ1n) is 3.60. The van der Waals surface area contributed by atoms with Gasteiger partial charge in [-0.25, -0.2) is 10.6 Å². The molecule has 68 valence electrons. The predicted molar refractivity (Wildman–Crippen MR) is 39.8 cm³/mol. The summed E-state index contributed by atoms with van der Waals surface area (Å²) < 4.78 is 4.65. The molecule has 1 aliphatic rings. The van der Waals surface area contributed by atoms with Gasteiger partial charge in [0.2, 0.25) is 0 Å². The highest BCUT2D eigenvalue weighted by Crippen LogP contribution is 2.07. The average Bonchev–Trinajstić information content (AvgIpc) is 2.48. The van der Waals surface area contributed by atoms with Crippen LogP contribution in [0.1, 0.15) is 6.92 Å². The molecule has 1 heterocycles. The van der Waals surface area contributed by atoms with Crippen molar-refractivity contribution in [2.75, 3.05) is 13.2 Å². The number of carbonyl (C=O) groups is 2. The van der Waals surface area contributed by atoms with E-state index in [0.29, 0.717) is 13.2 Å². The maximum absolute atomic E-state index is 11.0. The number of nitrogens with zero attached hydrogens (tertiary/aromatic N) is 1. The van der Waals surface area contributed by atoms with E-state index in [1.165, 1.54) is 4.90 Å². The minimum Gasteiger partial charge on any atom is -0.448 e. The number of carbonyl (C=O) groups excluding carboxylic acids is 2. The maximum Gasteiger partial charge on any atom is 0.410 e. The van der Waals surface area contributed by atoms with Crippen LogP contribution >= 0.6 is 0 Å². The summed E-state index contributed by atoms with van der Waals surface area (Å²) in [6.45, 7) is 2.36. The number of nitrogens with two attached hydrogens (primary N) is 1. The van der Waals surface area contributed by atoms with Crippen molar-refractivity contribution < 1.29 is 14.3 Å². The fourth-order valence-electron chi connectivity index (χ4n) is 1.02. The van der Waals surface area contributed by atoms with Crippen molar-refractivity contribution >= 4 is 12.0 Å². The molecule has 1 rings (SSSR count). The average molecular weight is 173 g/mol. The van der Waals surface area contributed by atoms with Crippen LogP contribution in [0.15, 0.2) is 0 Å². The Hall–Kier alpha value is -1.30. The highest BCUT2D eigenvalue weighted by Gasteiger charge is 2.30. The lowest BCUT2D eigenvalue weighted by molar-refractivity contribution is -0.124. The lowest BCUT2D eigenvalue weighted by atomic mass is 10.3. The molecule has 0 bridgehead atoms. The predicted octanol–water partition coefficient (Wildman–Crippen LogP) is -1.18. The summed E-state index contributed by atoms with van der Waals surface area (Å²) >= 11 is 0. The Morgan fingerprint density at radius 1 is 1.83 bits per heavy atom. The standard InChI is InChI=1S/C6H11N3O3/c1-4(5(10)8-7)9-2-3-12-6(9)11/h4H,2-3,7H2,1H3,(H,8,10). The molecular formula is C6H11N3O3. The molecule has 3 N–H and O–H groups in total. The van der Waals surface area contributed by atoms with Crippen molar-refractivity contribution in [2.45, 2.75) is 13.0 Å². The molecule has 1 unspecified atom stereocenters. The third kappa shape index (κ3) is 1.48. The monoisotopic (exact) mass is 173 g/mol. The van der Waals surface area contributed by atoms with Gasteiger partial charge in [-0.3, -0.25) is 15.1 Å². The highest BCUT2D eigenvalue weighted by molar-refractivity contribution is 5.85. The molecule has 12 heavy (non-hydrogen) atoms. The topological polar surface area (TPSA) is 84.7 Å². The van der Waals surface area contributed by atoms with Crippen LogP contribution in [0.25, 0.3) is 0 Å². The first kappa shape index (κ1) is 8.79. The van der Waals surface area contributed by atoms with Crippen LogP contribution in [0.3, 0.4) is 0 Å². The van der Waals surface area contributed by atoms with E-state index in [0.717, 1.165) is 0 Å². The summed E-state index contributed by atoms with van der Waals surface area (Å²) in [5, 5.41) is 0. The van der Waals surface area contributed by atoms with Crippen molar-refractivity contribution in [3.8, 4) is 0 Å². The number of amides is 2. The summed E-state index contributed by atoms with van der Waals surface area (Å²) in [6.07, 6.45) is -0.467. The lowest BCUT2D eigenvalue weighted by Crippen LogP contribution is -2.47. The van der Waals surface area contributed by atoms with Crippen LogP contribution in [0.4, 0.5) is 4.79 Å². The second-order valence-corrected chi connectivity index (χ2v) is 2.49. The lowest BCUT2D eigenvalue weighted by Gasteiger charge is -2.19. The van der Waals surface area contributed by atoms with Gasteiger partial charge in [0.25, 0.3) is 5.91 Å². The molecule has 0 saturated carbocycles. The number of rotatable bonds is 2. The fraction of sp³-hybridized carbons (Fsp3) is 0.667. The number of hydrogen-bond donors (Lipinski definition) is 2. The summed E-state index contributed by atoms with van der Waals surface area (Å²) in [6, 6.07) is -0.565. The van der Waals surface area contributed by atoms with Gasteiger partial charge in [-0.15, -0.1) is 0 Å². The molecule has 1 saturated heterocycles. The van der Waals surface area contributed by atoms with Crippen molar-refractivity contribution in [3.63, 3.8) is 0 Å². The molecular weight excluding hydrogens is 162 g/mol. The van der Waals surface area contributed by atoms with E-state index in [2.05, 4.69) is 4.74 Å². The third-order valence-electron chi connectivity index (χ3n) is 1.78. The van der Waals surface area contributed by atoms with E-state index in [1.54, 1.807) is 6.92 Å². The van der Waals surface area contributed by atoms with E-state index >= 15 is 0 Å². The number of nitrogens with one attached hydrogen (secondary N) is 1. The Balaban J connectivity index is 2.57. The molecule has 0 aromatic heterocycles. The second kappa shape index (κ2) is 3.40.